The van der Waals surface area contributed by atoms with Gasteiger partial charge in [0.05, 0.1) is 18.2 Å². The van der Waals surface area contributed by atoms with Crippen molar-refractivity contribution in [1.29, 1.82) is 0 Å². The molecule has 174 valence electrons. The normalized spacial score (nSPS) is 12.3. The van der Waals surface area contributed by atoms with Crippen LogP contribution in [0.5, 0.6) is 5.75 Å². The predicted octanol–water partition coefficient (Wildman–Crippen LogP) is 6.32. The minimum absolute atomic E-state index is 0.0942. The Bertz CT molecular complexity index is 1290. The second kappa shape index (κ2) is 11.2. The Morgan fingerprint density at radius 2 is 1.88 bits per heavy atom. The van der Waals surface area contributed by atoms with Crippen LogP contribution < -0.4 is 4.74 Å². The van der Waals surface area contributed by atoms with Gasteiger partial charge in [0, 0.05) is 24.7 Å². The molecule has 4 nitrogen and oxygen atoms in total. The zero-order valence-electron chi connectivity index (χ0n) is 19.2. The molecule has 0 saturated heterocycles. The summed E-state index contributed by atoms with van der Waals surface area (Å²) in [7, 11) is 1.55. The number of hydrogen-bond acceptors (Lipinski definition) is 3. The molecule has 0 bridgehead atoms. The summed E-state index contributed by atoms with van der Waals surface area (Å²) >= 11 is 6.03. The van der Waals surface area contributed by atoms with Crippen LogP contribution in [0.15, 0.2) is 85.1 Å². The molecule has 1 heterocycles. The van der Waals surface area contributed by atoms with E-state index < -0.39 is 6.10 Å². The van der Waals surface area contributed by atoms with Crippen LogP contribution >= 0.6 is 11.6 Å². The number of halogens is 1. The summed E-state index contributed by atoms with van der Waals surface area (Å²) in [6, 6.07) is 24.2. The van der Waals surface area contributed by atoms with E-state index in [0.717, 1.165) is 17.7 Å². The van der Waals surface area contributed by atoms with E-state index in [1.54, 1.807) is 25.3 Å². The second-order valence-corrected chi connectivity index (χ2v) is 8.82. The van der Waals surface area contributed by atoms with Crippen molar-refractivity contribution in [3.05, 3.63) is 107 Å². The molecule has 0 spiro atoms. The van der Waals surface area contributed by atoms with Gasteiger partial charge in [-0.05, 0) is 71.3 Å². The molecule has 0 radical (unpaired) electrons. The number of ether oxygens (including phenoxy) is 1. The molecule has 1 aromatic heterocycles. The van der Waals surface area contributed by atoms with Gasteiger partial charge in [-0.3, -0.25) is 4.79 Å². The fraction of sp³-hybridized carbons (Fsp3) is 0.207. The standard InChI is InChI=1S/C29H28ClNO3/c1-34-29-18-22(9-13-27(29)30)8-12-26(33)19-25(32)11-7-21-10-14-28-24(17-21)15-16-31(28)20-23-5-3-2-4-6-23/h2-6,8-10,12-18,25,32H,7,11,19-20H2,1H3. The number of hydrogen-bond donors (Lipinski definition) is 1. The predicted molar refractivity (Wildman–Crippen MR) is 138 cm³/mol. The van der Waals surface area contributed by atoms with E-state index >= 15 is 0 Å². The molecule has 1 unspecified atom stereocenters. The fourth-order valence-corrected chi connectivity index (χ4v) is 4.22. The highest BCUT2D eigenvalue weighted by molar-refractivity contribution is 6.32. The third kappa shape index (κ3) is 6.16. The summed E-state index contributed by atoms with van der Waals surface area (Å²) in [4.78, 5) is 12.3. The van der Waals surface area contributed by atoms with Crippen LogP contribution in [-0.4, -0.2) is 28.7 Å². The Labute approximate surface area is 205 Å². The fourth-order valence-electron chi connectivity index (χ4n) is 4.03. The summed E-state index contributed by atoms with van der Waals surface area (Å²) in [5, 5.41) is 12.1. The number of aliphatic hydroxyl groups excluding tert-OH is 1. The number of rotatable bonds is 10. The molecule has 4 rings (SSSR count). The summed E-state index contributed by atoms with van der Waals surface area (Å²) in [5.41, 5.74) is 4.42. The Balaban J connectivity index is 1.30. The largest absolute Gasteiger partial charge is 0.495 e. The van der Waals surface area contributed by atoms with Crippen LogP contribution in [0.1, 0.15) is 29.5 Å². The van der Waals surface area contributed by atoms with E-state index in [1.807, 2.05) is 12.1 Å². The molecule has 34 heavy (non-hydrogen) atoms. The van der Waals surface area contributed by atoms with Crippen molar-refractivity contribution in [3.63, 3.8) is 0 Å². The summed E-state index contributed by atoms with van der Waals surface area (Å²) in [5.74, 6) is 0.443. The monoisotopic (exact) mass is 473 g/mol. The highest BCUT2D eigenvalue weighted by Gasteiger charge is 2.10. The average molecular weight is 474 g/mol. The van der Waals surface area contributed by atoms with Crippen molar-refractivity contribution in [2.75, 3.05) is 7.11 Å². The lowest BCUT2D eigenvalue weighted by Gasteiger charge is -2.10. The number of carbonyl (C=O) groups is 1. The number of methoxy groups -OCH3 is 1. The molecule has 1 N–H and O–H groups in total. The first-order chi connectivity index (χ1) is 16.5. The van der Waals surface area contributed by atoms with Gasteiger partial charge >= 0.3 is 0 Å². The van der Waals surface area contributed by atoms with Gasteiger partial charge in [-0.15, -0.1) is 0 Å². The number of aryl methyl sites for hydroxylation is 1. The minimum Gasteiger partial charge on any atom is -0.495 e. The topological polar surface area (TPSA) is 51.5 Å². The lowest BCUT2D eigenvalue weighted by atomic mass is 10.0. The number of carbonyl (C=O) groups excluding carboxylic acids is 1. The summed E-state index contributed by atoms with van der Waals surface area (Å²) in [6.45, 7) is 0.834. The number of nitrogens with zero attached hydrogens (tertiary/aromatic N) is 1. The van der Waals surface area contributed by atoms with Crippen molar-refractivity contribution in [2.45, 2.75) is 31.9 Å². The van der Waals surface area contributed by atoms with Gasteiger partial charge in [-0.2, -0.15) is 0 Å². The van der Waals surface area contributed by atoms with Crippen LogP contribution in [0.3, 0.4) is 0 Å². The highest BCUT2D eigenvalue weighted by atomic mass is 35.5. The zero-order valence-corrected chi connectivity index (χ0v) is 19.9. The number of aliphatic hydroxyl groups is 1. The molecule has 0 aliphatic rings. The molecule has 3 aromatic carbocycles. The van der Waals surface area contributed by atoms with Gasteiger partial charge < -0.3 is 14.4 Å². The molecule has 4 aromatic rings. The molecule has 0 saturated carbocycles. The van der Waals surface area contributed by atoms with Crippen molar-refractivity contribution in [2.24, 2.45) is 0 Å². The third-order valence-corrected chi connectivity index (χ3v) is 6.18. The van der Waals surface area contributed by atoms with Crippen LogP contribution in [0.4, 0.5) is 0 Å². The van der Waals surface area contributed by atoms with Gasteiger partial charge in [-0.1, -0.05) is 60.1 Å². The van der Waals surface area contributed by atoms with Crippen molar-refractivity contribution >= 4 is 34.4 Å². The quantitative estimate of drug-likeness (QED) is 0.274. The molecule has 0 aliphatic heterocycles. The maximum Gasteiger partial charge on any atom is 0.158 e. The number of aromatic nitrogens is 1. The number of benzene rings is 3. The van der Waals surface area contributed by atoms with Crippen molar-refractivity contribution in [3.8, 4) is 5.75 Å². The summed E-state index contributed by atoms with van der Waals surface area (Å²) < 4.78 is 7.43. The maximum atomic E-state index is 12.3. The van der Waals surface area contributed by atoms with E-state index in [2.05, 4.69) is 59.3 Å². The van der Waals surface area contributed by atoms with Gasteiger partial charge in [0.2, 0.25) is 0 Å². The lowest BCUT2D eigenvalue weighted by molar-refractivity contribution is -0.116. The second-order valence-electron chi connectivity index (χ2n) is 8.41. The molecule has 0 fully saturated rings. The molecule has 0 amide bonds. The smallest absolute Gasteiger partial charge is 0.158 e. The molecular formula is C29H28ClNO3. The van der Waals surface area contributed by atoms with Gasteiger partial charge in [0.1, 0.15) is 5.75 Å². The van der Waals surface area contributed by atoms with Gasteiger partial charge in [0.15, 0.2) is 5.78 Å². The van der Waals surface area contributed by atoms with Crippen LogP contribution in [0, 0.1) is 0 Å². The third-order valence-electron chi connectivity index (χ3n) is 5.87. The first-order valence-electron chi connectivity index (χ1n) is 11.4. The zero-order chi connectivity index (χ0) is 23.9. The van der Waals surface area contributed by atoms with E-state index in [-0.39, 0.29) is 12.2 Å². The molecule has 5 heteroatoms. The number of fused-ring (bicyclic) bond motifs is 1. The lowest BCUT2D eigenvalue weighted by Crippen LogP contribution is -2.12. The van der Waals surface area contributed by atoms with Gasteiger partial charge in [-0.25, -0.2) is 0 Å². The Kier molecular flexibility index (Phi) is 7.84. The van der Waals surface area contributed by atoms with Crippen molar-refractivity contribution < 1.29 is 14.6 Å². The average Bonchev–Trinajstić information content (AvgIpc) is 3.24. The Hall–Kier alpha value is -3.34. The maximum absolute atomic E-state index is 12.3. The van der Waals surface area contributed by atoms with Crippen molar-refractivity contribution in [1.82, 2.24) is 4.57 Å². The first kappa shape index (κ1) is 23.8. The molecular weight excluding hydrogens is 446 g/mol. The van der Waals surface area contributed by atoms with Crippen LogP contribution in [0.2, 0.25) is 5.02 Å². The molecule has 0 aliphatic carbocycles. The number of allylic oxidation sites excluding steroid dienone is 1. The highest BCUT2D eigenvalue weighted by Crippen LogP contribution is 2.25. The van der Waals surface area contributed by atoms with Gasteiger partial charge in [0.25, 0.3) is 0 Å². The van der Waals surface area contributed by atoms with E-state index in [9.17, 15) is 9.90 Å². The summed E-state index contributed by atoms with van der Waals surface area (Å²) in [6.07, 6.45) is 5.97. The van der Waals surface area contributed by atoms with E-state index in [1.165, 1.54) is 22.5 Å². The SMILES string of the molecule is COc1cc(C=CC(=O)CC(O)CCc2ccc3c(ccn3Cc3ccccc3)c2)ccc1Cl. The van der Waals surface area contributed by atoms with Crippen LogP contribution in [0.25, 0.3) is 17.0 Å². The Morgan fingerprint density at radius 1 is 1.06 bits per heavy atom. The van der Waals surface area contributed by atoms with Crippen LogP contribution in [-0.2, 0) is 17.8 Å². The first-order valence-corrected chi connectivity index (χ1v) is 11.7. The number of ketones is 1. The Morgan fingerprint density at radius 3 is 2.68 bits per heavy atom. The molecule has 1 atom stereocenters. The minimum atomic E-state index is -0.685. The van der Waals surface area contributed by atoms with E-state index in [0.29, 0.717) is 23.6 Å². The van der Waals surface area contributed by atoms with E-state index in [4.69, 9.17) is 16.3 Å².